The van der Waals surface area contributed by atoms with Crippen molar-refractivity contribution in [3.05, 3.63) is 66.2 Å². The molecule has 0 heterocycles. The van der Waals surface area contributed by atoms with E-state index in [0.717, 1.165) is 24.1 Å². The predicted molar refractivity (Wildman–Crippen MR) is 125 cm³/mol. The van der Waals surface area contributed by atoms with Crippen molar-refractivity contribution in [2.45, 2.75) is 45.1 Å². The van der Waals surface area contributed by atoms with Gasteiger partial charge in [0.15, 0.2) is 0 Å². The van der Waals surface area contributed by atoms with Crippen LogP contribution in [0.2, 0.25) is 0 Å². The average molecular weight is 422 g/mol. The number of ether oxygens (including phenoxy) is 1. The van der Waals surface area contributed by atoms with Crippen molar-refractivity contribution < 1.29 is 14.3 Å². The minimum Gasteiger partial charge on any atom is -0.489 e. The molecule has 6 nitrogen and oxygen atoms in total. The number of benzene rings is 2. The summed E-state index contributed by atoms with van der Waals surface area (Å²) >= 11 is 0. The molecular weight excluding hydrogens is 390 g/mol. The summed E-state index contributed by atoms with van der Waals surface area (Å²) in [5, 5.41) is 9.05. The van der Waals surface area contributed by atoms with Crippen molar-refractivity contribution in [3.63, 3.8) is 0 Å². The van der Waals surface area contributed by atoms with Crippen molar-refractivity contribution in [2.24, 2.45) is 0 Å². The lowest BCUT2D eigenvalue weighted by atomic mass is 9.95. The molecule has 0 aromatic heterocycles. The highest BCUT2D eigenvalue weighted by molar-refractivity contribution is 5.96. The molecule has 1 saturated carbocycles. The van der Waals surface area contributed by atoms with Crippen LogP contribution in [0.25, 0.3) is 0 Å². The first-order valence-corrected chi connectivity index (χ1v) is 10.8. The smallest absolute Gasteiger partial charge is 0.251 e. The lowest BCUT2D eigenvalue weighted by Crippen LogP contribution is -2.36. The van der Waals surface area contributed by atoms with Crippen LogP contribution in [-0.4, -0.2) is 31.0 Å². The quantitative estimate of drug-likeness (QED) is 0.510. The molecule has 2 aromatic rings. The number of amides is 2. The number of carbonyl (C=O) groups is 2. The minimum absolute atomic E-state index is 0.0634. The predicted octanol–water partition coefficient (Wildman–Crippen LogP) is 4.75. The zero-order valence-electron chi connectivity index (χ0n) is 18.1. The Hall–Kier alpha value is -3.28. The Bertz CT molecular complexity index is 920. The first-order valence-electron chi connectivity index (χ1n) is 10.8. The second-order valence-corrected chi connectivity index (χ2v) is 8.06. The van der Waals surface area contributed by atoms with Gasteiger partial charge >= 0.3 is 0 Å². The molecule has 0 saturated heterocycles. The minimum atomic E-state index is -0.186. The number of carbonyl (C=O) groups excluding carboxylic acids is 2. The molecule has 0 spiro atoms. The molecule has 164 valence electrons. The Morgan fingerprint density at radius 3 is 2.55 bits per heavy atom. The van der Waals surface area contributed by atoms with Crippen LogP contribution in [0.1, 0.15) is 49.4 Å². The van der Waals surface area contributed by atoms with E-state index in [0.29, 0.717) is 23.6 Å². The largest absolute Gasteiger partial charge is 0.489 e. The van der Waals surface area contributed by atoms with Crippen molar-refractivity contribution in [1.29, 1.82) is 0 Å². The van der Waals surface area contributed by atoms with E-state index >= 15 is 0 Å². The van der Waals surface area contributed by atoms with Crippen LogP contribution < -0.4 is 20.7 Å². The maximum atomic E-state index is 12.5. The van der Waals surface area contributed by atoms with Gasteiger partial charge in [0, 0.05) is 29.0 Å². The van der Waals surface area contributed by atoms with E-state index in [1.165, 1.54) is 19.3 Å². The van der Waals surface area contributed by atoms with Gasteiger partial charge in [0.25, 0.3) is 5.91 Å². The molecule has 0 radical (unpaired) electrons. The van der Waals surface area contributed by atoms with Crippen LogP contribution in [0.3, 0.4) is 0 Å². The highest BCUT2D eigenvalue weighted by Gasteiger charge is 2.16. The zero-order valence-corrected chi connectivity index (χ0v) is 18.1. The monoisotopic (exact) mass is 421 g/mol. The molecule has 2 aromatic carbocycles. The fourth-order valence-corrected chi connectivity index (χ4v) is 3.54. The van der Waals surface area contributed by atoms with E-state index in [9.17, 15) is 9.59 Å². The fourth-order valence-electron chi connectivity index (χ4n) is 3.54. The lowest BCUT2D eigenvalue weighted by Gasteiger charge is -2.22. The molecular formula is C25H31N3O3. The zero-order chi connectivity index (χ0) is 22.1. The molecule has 1 fully saturated rings. The standard InChI is InChI=1S/C25H31N3O3/c1-18(2)17-31-23-13-7-12-22(15-23)27-24(29)16-26-21-11-6-8-19(14-21)25(30)28-20-9-4-3-5-10-20/h6-8,11-15,20,26H,1,3-5,9-10,16-17H2,2H3,(H,27,29)(H,28,30). The number of rotatable bonds is 9. The van der Waals surface area contributed by atoms with Crippen LogP contribution in [0.15, 0.2) is 60.7 Å². The lowest BCUT2D eigenvalue weighted by molar-refractivity contribution is -0.114. The van der Waals surface area contributed by atoms with Gasteiger partial charge in [0.2, 0.25) is 5.91 Å². The van der Waals surface area contributed by atoms with Crippen molar-refractivity contribution in [1.82, 2.24) is 5.32 Å². The van der Waals surface area contributed by atoms with Crippen molar-refractivity contribution in [2.75, 3.05) is 23.8 Å². The normalized spacial score (nSPS) is 13.8. The molecule has 1 aliphatic rings. The first-order chi connectivity index (χ1) is 15.0. The van der Waals surface area contributed by atoms with E-state index in [1.54, 1.807) is 18.2 Å². The Morgan fingerprint density at radius 1 is 1.03 bits per heavy atom. The third-order valence-corrected chi connectivity index (χ3v) is 5.12. The Balaban J connectivity index is 1.50. The fraction of sp³-hybridized carbons (Fsp3) is 0.360. The van der Waals surface area contributed by atoms with Gasteiger partial charge in [-0.15, -0.1) is 0 Å². The van der Waals surface area contributed by atoms with Gasteiger partial charge in [-0.25, -0.2) is 0 Å². The topological polar surface area (TPSA) is 79.5 Å². The molecule has 31 heavy (non-hydrogen) atoms. The van der Waals surface area contributed by atoms with Gasteiger partial charge in [-0.1, -0.05) is 38.0 Å². The molecule has 2 amide bonds. The molecule has 0 aliphatic heterocycles. The molecule has 0 unspecified atom stereocenters. The third-order valence-electron chi connectivity index (χ3n) is 5.12. The number of hydrogen-bond donors (Lipinski definition) is 3. The van der Waals surface area contributed by atoms with Gasteiger partial charge in [-0.05, 0) is 55.7 Å². The van der Waals surface area contributed by atoms with Gasteiger partial charge in [-0.2, -0.15) is 0 Å². The summed E-state index contributed by atoms with van der Waals surface area (Å²) in [6, 6.07) is 14.7. The molecule has 6 heteroatoms. The highest BCUT2D eigenvalue weighted by atomic mass is 16.5. The molecule has 0 bridgehead atoms. The molecule has 3 N–H and O–H groups in total. The Labute approximate surface area is 184 Å². The summed E-state index contributed by atoms with van der Waals surface area (Å²) in [5.41, 5.74) is 2.91. The number of hydrogen-bond acceptors (Lipinski definition) is 4. The second-order valence-electron chi connectivity index (χ2n) is 8.06. The maximum absolute atomic E-state index is 12.5. The second kappa shape index (κ2) is 11.2. The summed E-state index contributed by atoms with van der Waals surface area (Å²) in [5.74, 6) is 0.422. The molecule has 3 rings (SSSR count). The Kier molecular flexibility index (Phi) is 8.10. The van der Waals surface area contributed by atoms with E-state index < -0.39 is 0 Å². The van der Waals surface area contributed by atoms with Crippen LogP contribution in [0, 0.1) is 0 Å². The van der Waals surface area contributed by atoms with E-state index in [4.69, 9.17) is 4.74 Å². The van der Waals surface area contributed by atoms with E-state index in [-0.39, 0.29) is 24.4 Å². The summed E-state index contributed by atoms with van der Waals surface area (Å²) in [6.07, 6.45) is 5.68. The van der Waals surface area contributed by atoms with Crippen LogP contribution in [-0.2, 0) is 4.79 Å². The average Bonchev–Trinajstić information content (AvgIpc) is 2.77. The summed E-state index contributed by atoms with van der Waals surface area (Å²) in [4.78, 5) is 24.9. The molecule has 1 aliphatic carbocycles. The third kappa shape index (κ3) is 7.48. The van der Waals surface area contributed by atoms with Crippen molar-refractivity contribution in [3.8, 4) is 5.75 Å². The van der Waals surface area contributed by atoms with E-state index in [2.05, 4.69) is 22.5 Å². The summed E-state index contributed by atoms with van der Waals surface area (Å²) < 4.78 is 5.60. The van der Waals surface area contributed by atoms with Gasteiger partial charge in [0.05, 0.1) is 6.54 Å². The maximum Gasteiger partial charge on any atom is 0.251 e. The van der Waals surface area contributed by atoms with Crippen LogP contribution in [0.4, 0.5) is 11.4 Å². The van der Waals surface area contributed by atoms with Gasteiger partial charge < -0.3 is 20.7 Å². The Morgan fingerprint density at radius 2 is 1.77 bits per heavy atom. The van der Waals surface area contributed by atoms with E-state index in [1.807, 2.05) is 37.3 Å². The summed E-state index contributed by atoms with van der Waals surface area (Å²) in [7, 11) is 0. The SMILES string of the molecule is C=C(C)COc1cccc(NC(=O)CNc2cccc(C(=O)NC3CCCCC3)c2)c1. The number of nitrogens with one attached hydrogen (secondary N) is 3. The van der Waals surface area contributed by atoms with Gasteiger partial charge in [0.1, 0.15) is 12.4 Å². The van der Waals surface area contributed by atoms with Crippen molar-refractivity contribution >= 4 is 23.2 Å². The summed E-state index contributed by atoms with van der Waals surface area (Å²) in [6.45, 7) is 6.23. The van der Waals surface area contributed by atoms with Crippen LogP contribution >= 0.6 is 0 Å². The van der Waals surface area contributed by atoms with Crippen LogP contribution in [0.5, 0.6) is 5.75 Å². The highest BCUT2D eigenvalue weighted by Crippen LogP contribution is 2.19. The van der Waals surface area contributed by atoms with Gasteiger partial charge in [-0.3, -0.25) is 9.59 Å². The number of anilines is 2. The first kappa shape index (κ1) is 22.4. The molecule has 0 atom stereocenters.